The van der Waals surface area contributed by atoms with Gasteiger partial charge in [0.15, 0.2) is 0 Å². The molecule has 0 saturated heterocycles. The number of carbonyl (C=O) groups is 1. The maximum atomic E-state index is 12.5. The number of aliphatic hydroxyl groups excluding tert-OH is 1. The van der Waals surface area contributed by atoms with Crippen LogP contribution in [0.3, 0.4) is 0 Å². The second kappa shape index (κ2) is 7.92. The van der Waals surface area contributed by atoms with Crippen LogP contribution in [0.2, 0.25) is 5.02 Å². The van der Waals surface area contributed by atoms with E-state index in [0.29, 0.717) is 12.1 Å². The van der Waals surface area contributed by atoms with Crippen molar-refractivity contribution in [3.05, 3.63) is 51.9 Å². The quantitative estimate of drug-likeness (QED) is 0.563. The van der Waals surface area contributed by atoms with Gasteiger partial charge < -0.3 is 10.4 Å². The van der Waals surface area contributed by atoms with Crippen LogP contribution in [0.25, 0.3) is 0 Å². The molecule has 0 radical (unpaired) electrons. The van der Waals surface area contributed by atoms with Gasteiger partial charge in [0.05, 0.1) is 15.6 Å². The van der Waals surface area contributed by atoms with Crippen molar-refractivity contribution in [3.8, 4) is 0 Å². The van der Waals surface area contributed by atoms with Crippen molar-refractivity contribution in [1.82, 2.24) is 0 Å². The number of nitrogens with zero attached hydrogens (tertiary/aromatic N) is 1. The monoisotopic (exact) mass is 368 g/mol. The van der Waals surface area contributed by atoms with Crippen molar-refractivity contribution in [1.29, 1.82) is 0 Å². The number of amides is 1. The number of benzene rings is 1. The number of nitroso groups, excluding NO2 is 1. The second-order valence-corrected chi connectivity index (χ2v) is 6.73. The van der Waals surface area contributed by atoms with Crippen LogP contribution in [0.15, 0.2) is 47.2 Å². The van der Waals surface area contributed by atoms with E-state index in [2.05, 4.69) is 10.5 Å². The maximum Gasteiger partial charge on any atom is 0.254 e. The lowest BCUT2D eigenvalue weighted by molar-refractivity contribution is -0.114. The fourth-order valence-corrected chi connectivity index (χ4v) is 3.02. The van der Waals surface area contributed by atoms with Crippen LogP contribution in [0.1, 0.15) is 26.2 Å². The minimum absolute atomic E-state index is 0.164. The lowest BCUT2D eigenvalue weighted by atomic mass is 9.86. The van der Waals surface area contributed by atoms with E-state index in [1.807, 2.05) is 6.92 Å². The van der Waals surface area contributed by atoms with Gasteiger partial charge in [-0.2, -0.15) is 0 Å². The highest BCUT2D eigenvalue weighted by Gasteiger charge is 2.39. The Labute approximate surface area is 150 Å². The Morgan fingerprint density at radius 2 is 2.21 bits per heavy atom. The molecule has 0 spiro atoms. The van der Waals surface area contributed by atoms with E-state index in [4.69, 9.17) is 23.2 Å². The number of alkyl halides is 1. The van der Waals surface area contributed by atoms with Crippen molar-refractivity contribution in [2.24, 2.45) is 5.18 Å². The smallest absolute Gasteiger partial charge is 0.254 e. The summed E-state index contributed by atoms with van der Waals surface area (Å²) in [4.78, 5) is 22.0. The number of rotatable bonds is 6. The van der Waals surface area contributed by atoms with Gasteiger partial charge in [-0.3, -0.25) is 4.79 Å². The Morgan fingerprint density at radius 3 is 2.83 bits per heavy atom. The van der Waals surface area contributed by atoms with Crippen molar-refractivity contribution in [2.75, 3.05) is 5.32 Å². The van der Waals surface area contributed by atoms with E-state index < -0.39 is 16.9 Å². The number of hydrogen-bond acceptors (Lipinski definition) is 4. The largest absolute Gasteiger partial charge is 0.386 e. The third-order valence-corrected chi connectivity index (χ3v) is 4.71. The normalized spacial score (nSPS) is 22.8. The summed E-state index contributed by atoms with van der Waals surface area (Å²) in [6.07, 6.45) is 6.13. The third-order valence-electron chi connectivity index (χ3n) is 3.88. The van der Waals surface area contributed by atoms with Crippen molar-refractivity contribution < 1.29 is 9.90 Å². The Morgan fingerprint density at radius 1 is 1.46 bits per heavy atom. The number of unbranched alkanes of at least 4 members (excludes halogenated alkanes) is 1. The van der Waals surface area contributed by atoms with Crippen LogP contribution < -0.4 is 5.32 Å². The first-order valence-corrected chi connectivity index (χ1v) is 8.37. The van der Waals surface area contributed by atoms with E-state index in [9.17, 15) is 14.8 Å². The van der Waals surface area contributed by atoms with Gasteiger partial charge in [0.25, 0.3) is 5.91 Å². The molecule has 128 valence electrons. The first-order chi connectivity index (χ1) is 11.4. The predicted molar refractivity (Wildman–Crippen MR) is 96.9 cm³/mol. The van der Waals surface area contributed by atoms with E-state index in [1.165, 1.54) is 24.3 Å². The van der Waals surface area contributed by atoms with Gasteiger partial charge >= 0.3 is 0 Å². The highest BCUT2D eigenvalue weighted by atomic mass is 35.5. The van der Waals surface area contributed by atoms with Crippen LogP contribution in [0.5, 0.6) is 0 Å². The number of nitrogens with one attached hydrogen (secondary N) is 1. The molecule has 1 aliphatic carbocycles. The summed E-state index contributed by atoms with van der Waals surface area (Å²) in [5.74, 6) is -0.498. The fraction of sp³-hybridized carbons (Fsp3) is 0.353. The molecule has 2 rings (SSSR count). The highest BCUT2D eigenvalue weighted by Crippen LogP contribution is 2.36. The Bertz CT molecular complexity index is 703. The summed E-state index contributed by atoms with van der Waals surface area (Å²) < 4.78 is 0. The molecule has 1 aliphatic rings. The molecule has 0 aliphatic heterocycles. The van der Waals surface area contributed by atoms with E-state index in [0.717, 1.165) is 12.8 Å². The zero-order chi connectivity index (χ0) is 17.7. The zero-order valence-corrected chi connectivity index (χ0v) is 14.6. The molecular formula is C17H18Cl2N2O3. The molecule has 2 unspecified atom stereocenters. The summed E-state index contributed by atoms with van der Waals surface area (Å²) in [6, 6.07) is 4.27. The summed E-state index contributed by atoms with van der Waals surface area (Å²) in [7, 11) is 0. The molecule has 0 aromatic heterocycles. The van der Waals surface area contributed by atoms with Crippen LogP contribution in [0.4, 0.5) is 11.4 Å². The maximum absolute atomic E-state index is 12.5. The van der Waals surface area contributed by atoms with E-state index >= 15 is 0 Å². The first kappa shape index (κ1) is 18.6. The topological polar surface area (TPSA) is 78.8 Å². The van der Waals surface area contributed by atoms with Crippen LogP contribution >= 0.6 is 23.2 Å². The Hall–Kier alpha value is -1.69. The average Bonchev–Trinajstić information content (AvgIpc) is 2.57. The molecule has 5 nitrogen and oxygen atoms in total. The van der Waals surface area contributed by atoms with E-state index in [1.54, 1.807) is 12.2 Å². The summed E-state index contributed by atoms with van der Waals surface area (Å²) >= 11 is 12.5. The van der Waals surface area contributed by atoms with Gasteiger partial charge in [0.2, 0.25) is 0 Å². The molecule has 2 N–H and O–H groups in total. The zero-order valence-electron chi connectivity index (χ0n) is 13.1. The number of carbonyl (C=O) groups excluding carboxylic acids is 1. The molecule has 7 heteroatoms. The lowest BCUT2D eigenvalue weighted by Gasteiger charge is -2.32. The molecular weight excluding hydrogens is 351 g/mol. The van der Waals surface area contributed by atoms with Crippen LogP contribution in [0, 0.1) is 4.91 Å². The number of hydrogen-bond donors (Lipinski definition) is 2. The minimum atomic E-state index is -1.12. The minimum Gasteiger partial charge on any atom is -0.386 e. The molecule has 0 heterocycles. The third kappa shape index (κ3) is 4.04. The number of aliphatic hydroxyl groups is 1. The molecule has 1 amide bonds. The Kier molecular flexibility index (Phi) is 6.15. The van der Waals surface area contributed by atoms with Crippen molar-refractivity contribution >= 4 is 40.5 Å². The van der Waals surface area contributed by atoms with Gasteiger partial charge in [-0.05, 0) is 29.8 Å². The average molecular weight is 369 g/mol. The molecule has 24 heavy (non-hydrogen) atoms. The van der Waals surface area contributed by atoms with Crippen LogP contribution in [-0.4, -0.2) is 22.0 Å². The second-order valence-electron chi connectivity index (χ2n) is 5.62. The van der Waals surface area contributed by atoms with Crippen molar-refractivity contribution in [2.45, 2.75) is 37.2 Å². The number of allylic oxidation sites excluding steroid dienone is 2. The molecule has 0 fully saturated rings. The van der Waals surface area contributed by atoms with Crippen molar-refractivity contribution in [3.63, 3.8) is 0 Å². The molecule has 0 bridgehead atoms. The molecule has 2 atom stereocenters. The van der Waals surface area contributed by atoms with Crippen LogP contribution in [-0.2, 0) is 4.79 Å². The van der Waals surface area contributed by atoms with Gasteiger partial charge in [-0.15, -0.1) is 16.5 Å². The van der Waals surface area contributed by atoms with Gasteiger partial charge in [-0.1, -0.05) is 49.6 Å². The van der Waals surface area contributed by atoms with Gasteiger partial charge in [-0.25, -0.2) is 0 Å². The van der Waals surface area contributed by atoms with Gasteiger partial charge in [0.1, 0.15) is 11.8 Å². The summed E-state index contributed by atoms with van der Waals surface area (Å²) in [5, 5.41) is 16.1. The van der Waals surface area contributed by atoms with Gasteiger partial charge in [0, 0.05) is 5.57 Å². The number of anilines is 1. The number of halogens is 2. The predicted octanol–water partition coefficient (Wildman–Crippen LogP) is 4.70. The standard InChI is InChI=1S/C17H18Cl2N2O3/c1-2-3-8-17(19)9-4-5-12(15(17)22)16(23)20-14-7-6-11(21-24)10-13(14)18/h4-7,9-10,15,22H,2-3,8H2,1H3,(H,20,23). The summed E-state index contributed by atoms with van der Waals surface area (Å²) in [5.41, 5.74) is 0.653. The lowest BCUT2D eigenvalue weighted by Crippen LogP contribution is -2.41. The molecule has 1 aromatic carbocycles. The SMILES string of the molecule is CCCCC1(Cl)C=CC=C(C(=O)Nc2ccc(N=O)cc2Cl)C1O. The highest BCUT2D eigenvalue weighted by molar-refractivity contribution is 6.34. The first-order valence-electron chi connectivity index (χ1n) is 7.62. The molecule has 1 aromatic rings. The fourth-order valence-electron chi connectivity index (χ4n) is 2.48. The molecule has 0 saturated carbocycles. The van der Waals surface area contributed by atoms with E-state index in [-0.39, 0.29) is 16.3 Å². The summed E-state index contributed by atoms with van der Waals surface area (Å²) in [6.45, 7) is 2.03. The Balaban J connectivity index is 2.16.